The maximum atomic E-state index is 8.84. The lowest BCUT2D eigenvalue weighted by Gasteiger charge is -2.21. The summed E-state index contributed by atoms with van der Waals surface area (Å²) < 4.78 is 10.8. The summed E-state index contributed by atoms with van der Waals surface area (Å²) in [7, 11) is 0. The van der Waals surface area contributed by atoms with E-state index in [0.29, 0.717) is 25.8 Å². The van der Waals surface area contributed by atoms with Crippen molar-refractivity contribution in [3.05, 3.63) is 0 Å². The molecule has 0 fully saturated rings. The highest BCUT2D eigenvalue weighted by molar-refractivity contribution is 4.65. The molecule has 15 heavy (non-hydrogen) atoms. The van der Waals surface area contributed by atoms with Crippen LogP contribution < -0.4 is 5.32 Å². The molecular weight excluding hydrogens is 194 g/mol. The van der Waals surface area contributed by atoms with Gasteiger partial charge in [-0.15, -0.1) is 0 Å². The summed E-state index contributed by atoms with van der Waals surface area (Å²) in [5, 5.41) is 12.2. The third-order valence-corrected chi connectivity index (χ3v) is 2.25. The van der Waals surface area contributed by atoms with E-state index in [1.54, 1.807) is 0 Å². The molecule has 0 aromatic rings. The Morgan fingerprint density at radius 2 is 1.73 bits per heavy atom. The normalized spacial score (nSPS) is 13.4. The fraction of sp³-hybridized carbons (Fsp3) is 1.00. The van der Waals surface area contributed by atoms with Crippen LogP contribution in [0.4, 0.5) is 0 Å². The summed E-state index contributed by atoms with van der Waals surface area (Å²) in [4.78, 5) is 0. The SMILES string of the molecule is CCOC(CNC(CC)CCO)OCC. The van der Waals surface area contributed by atoms with Crippen molar-refractivity contribution < 1.29 is 14.6 Å². The average Bonchev–Trinajstić information content (AvgIpc) is 2.24. The molecule has 0 aliphatic heterocycles. The van der Waals surface area contributed by atoms with Gasteiger partial charge in [-0.3, -0.25) is 0 Å². The highest BCUT2D eigenvalue weighted by Crippen LogP contribution is 1.99. The number of nitrogens with one attached hydrogen (secondary N) is 1. The van der Waals surface area contributed by atoms with Crippen molar-refractivity contribution in [1.29, 1.82) is 0 Å². The van der Waals surface area contributed by atoms with Crippen molar-refractivity contribution in [3.63, 3.8) is 0 Å². The van der Waals surface area contributed by atoms with E-state index in [1.165, 1.54) is 0 Å². The Labute approximate surface area is 93.0 Å². The monoisotopic (exact) mass is 219 g/mol. The number of hydrogen-bond acceptors (Lipinski definition) is 4. The van der Waals surface area contributed by atoms with Gasteiger partial charge in [0.1, 0.15) is 0 Å². The second kappa shape index (κ2) is 10.4. The summed E-state index contributed by atoms with van der Waals surface area (Å²) in [6.45, 7) is 8.23. The zero-order chi connectivity index (χ0) is 11.5. The Morgan fingerprint density at radius 3 is 2.13 bits per heavy atom. The van der Waals surface area contributed by atoms with Crippen molar-refractivity contribution in [2.45, 2.75) is 45.9 Å². The molecule has 0 saturated carbocycles. The Kier molecular flexibility index (Phi) is 10.3. The Hall–Kier alpha value is -0.160. The molecule has 0 heterocycles. The van der Waals surface area contributed by atoms with E-state index < -0.39 is 0 Å². The molecule has 0 amide bonds. The van der Waals surface area contributed by atoms with E-state index in [0.717, 1.165) is 12.8 Å². The van der Waals surface area contributed by atoms with Gasteiger partial charge in [0, 0.05) is 32.4 Å². The van der Waals surface area contributed by atoms with Gasteiger partial charge in [0.15, 0.2) is 6.29 Å². The molecule has 0 spiro atoms. The highest BCUT2D eigenvalue weighted by atomic mass is 16.7. The molecule has 0 bridgehead atoms. The lowest BCUT2D eigenvalue weighted by Crippen LogP contribution is -2.38. The van der Waals surface area contributed by atoms with Crippen molar-refractivity contribution in [3.8, 4) is 0 Å². The maximum absolute atomic E-state index is 8.84. The molecule has 1 atom stereocenters. The van der Waals surface area contributed by atoms with E-state index in [-0.39, 0.29) is 12.9 Å². The minimum absolute atomic E-state index is 0.173. The molecule has 0 aromatic carbocycles. The topological polar surface area (TPSA) is 50.7 Å². The largest absolute Gasteiger partial charge is 0.396 e. The van der Waals surface area contributed by atoms with Crippen molar-refractivity contribution >= 4 is 0 Å². The fourth-order valence-electron chi connectivity index (χ4n) is 1.41. The first-order chi connectivity index (χ1) is 7.28. The van der Waals surface area contributed by atoms with E-state index in [1.807, 2.05) is 13.8 Å². The second-order valence-electron chi connectivity index (χ2n) is 3.37. The third kappa shape index (κ3) is 7.73. The van der Waals surface area contributed by atoms with E-state index in [2.05, 4.69) is 12.2 Å². The zero-order valence-electron chi connectivity index (χ0n) is 10.2. The number of ether oxygens (including phenoxy) is 2. The van der Waals surface area contributed by atoms with Gasteiger partial charge in [-0.2, -0.15) is 0 Å². The third-order valence-electron chi connectivity index (χ3n) is 2.25. The number of rotatable bonds is 10. The number of aliphatic hydroxyl groups excluding tert-OH is 1. The second-order valence-corrected chi connectivity index (χ2v) is 3.37. The van der Waals surface area contributed by atoms with Crippen LogP contribution in [-0.2, 0) is 9.47 Å². The van der Waals surface area contributed by atoms with Gasteiger partial charge in [0.2, 0.25) is 0 Å². The summed E-state index contributed by atoms with van der Waals surface area (Å²) in [6, 6.07) is 0.346. The van der Waals surface area contributed by atoms with Crippen LogP contribution in [0.5, 0.6) is 0 Å². The van der Waals surface area contributed by atoms with E-state index >= 15 is 0 Å². The van der Waals surface area contributed by atoms with Gasteiger partial charge in [0.25, 0.3) is 0 Å². The van der Waals surface area contributed by atoms with Crippen LogP contribution in [0, 0.1) is 0 Å². The quantitative estimate of drug-likeness (QED) is 0.541. The summed E-state index contributed by atoms with van der Waals surface area (Å²) in [5.74, 6) is 0. The molecule has 0 aromatic heterocycles. The lowest BCUT2D eigenvalue weighted by molar-refractivity contribution is -0.133. The highest BCUT2D eigenvalue weighted by Gasteiger charge is 2.10. The maximum Gasteiger partial charge on any atom is 0.169 e. The van der Waals surface area contributed by atoms with E-state index in [4.69, 9.17) is 14.6 Å². The first-order valence-electron chi connectivity index (χ1n) is 5.85. The molecule has 0 aliphatic rings. The van der Waals surface area contributed by atoms with Gasteiger partial charge in [-0.05, 0) is 26.7 Å². The number of hydrogen-bond donors (Lipinski definition) is 2. The van der Waals surface area contributed by atoms with Crippen LogP contribution in [-0.4, -0.2) is 43.8 Å². The Bertz CT molecular complexity index is 127. The first-order valence-corrected chi connectivity index (χ1v) is 5.85. The minimum Gasteiger partial charge on any atom is -0.396 e. The van der Waals surface area contributed by atoms with Gasteiger partial charge in [-0.1, -0.05) is 6.92 Å². The van der Waals surface area contributed by atoms with Crippen LogP contribution >= 0.6 is 0 Å². The molecule has 1 unspecified atom stereocenters. The van der Waals surface area contributed by atoms with Gasteiger partial charge < -0.3 is 19.9 Å². The molecular formula is C11H25NO3. The lowest BCUT2D eigenvalue weighted by atomic mass is 10.1. The van der Waals surface area contributed by atoms with Crippen LogP contribution in [0.2, 0.25) is 0 Å². The first kappa shape index (κ1) is 14.8. The predicted octanol–water partition coefficient (Wildman–Crippen LogP) is 1.14. The predicted molar refractivity (Wildman–Crippen MR) is 60.8 cm³/mol. The molecule has 0 radical (unpaired) electrons. The Morgan fingerprint density at radius 1 is 1.13 bits per heavy atom. The average molecular weight is 219 g/mol. The van der Waals surface area contributed by atoms with Gasteiger partial charge >= 0.3 is 0 Å². The van der Waals surface area contributed by atoms with Gasteiger partial charge in [0.05, 0.1) is 0 Å². The zero-order valence-corrected chi connectivity index (χ0v) is 10.2. The van der Waals surface area contributed by atoms with Crippen LogP contribution in [0.15, 0.2) is 0 Å². The number of aliphatic hydroxyl groups is 1. The molecule has 0 saturated heterocycles. The van der Waals surface area contributed by atoms with Crippen molar-refractivity contribution in [2.75, 3.05) is 26.4 Å². The smallest absolute Gasteiger partial charge is 0.169 e. The van der Waals surface area contributed by atoms with Crippen molar-refractivity contribution in [1.82, 2.24) is 5.32 Å². The summed E-state index contributed by atoms with van der Waals surface area (Å²) in [5.41, 5.74) is 0. The molecule has 92 valence electrons. The van der Waals surface area contributed by atoms with Crippen LogP contribution in [0.25, 0.3) is 0 Å². The summed E-state index contributed by atoms with van der Waals surface area (Å²) in [6.07, 6.45) is 1.61. The molecule has 0 rings (SSSR count). The summed E-state index contributed by atoms with van der Waals surface area (Å²) >= 11 is 0. The molecule has 4 nitrogen and oxygen atoms in total. The molecule has 2 N–H and O–H groups in total. The van der Waals surface area contributed by atoms with Crippen LogP contribution in [0.3, 0.4) is 0 Å². The standard InChI is InChI=1S/C11H25NO3/c1-4-10(7-8-13)12-9-11(14-5-2)15-6-3/h10-13H,4-9H2,1-3H3. The Balaban J connectivity index is 3.73. The molecule has 0 aliphatic carbocycles. The molecule has 4 heteroatoms. The van der Waals surface area contributed by atoms with Crippen LogP contribution in [0.1, 0.15) is 33.6 Å². The van der Waals surface area contributed by atoms with E-state index in [9.17, 15) is 0 Å². The van der Waals surface area contributed by atoms with Gasteiger partial charge in [-0.25, -0.2) is 0 Å². The van der Waals surface area contributed by atoms with Crippen molar-refractivity contribution in [2.24, 2.45) is 0 Å². The minimum atomic E-state index is -0.173. The fourth-order valence-corrected chi connectivity index (χ4v) is 1.41.